The Bertz CT molecular complexity index is 387. The van der Waals surface area contributed by atoms with Crippen LogP contribution in [0.5, 0.6) is 0 Å². The molecule has 0 unspecified atom stereocenters. The number of hydrogen-bond donors (Lipinski definition) is 1. The summed E-state index contributed by atoms with van der Waals surface area (Å²) in [6.45, 7) is 2.04. The summed E-state index contributed by atoms with van der Waals surface area (Å²) < 4.78 is 0. The molecule has 0 spiro atoms. The van der Waals surface area contributed by atoms with Crippen molar-refractivity contribution in [2.75, 3.05) is 20.1 Å². The van der Waals surface area contributed by atoms with Crippen LogP contribution >= 0.6 is 0 Å². The van der Waals surface area contributed by atoms with E-state index in [9.17, 15) is 4.79 Å². The summed E-state index contributed by atoms with van der Waals surface area (Å²) in [7, 11) is 2.09. The van der Waals surface area contributed by atoms with Crippen LogP contribution in [0.15, 0.2) is 12.3 Å². The van der Waals surface area contributed by atoms with Crippen molar-refractivity contribution in [1.29, 1.82) is 0 Å². The van der Waals surface area contributed by atoms with Gasteiger partial charge in [0.2, 0.25) is 0 Å². The monoisotopic (exact) mass is 221 g/mol. The molecule has 1 aromatic rings. The summed E-state index contributed by atoms with van der Waals surface area (Å²) in [5.41, 5.74) is 0.0870. The molecular weight excluding hydrogens is 206 g/mol. The minimum atomic E-state index is -0.989. The highest BCUT2D eigenvalue weighted by molar-refractivity contribution is 5.85. The molecule has 1 fully saturated rings. The molecule has 0 bridgehead atoms. The van der Waals surface area contributed by atoms with Gasteiger partial charge in [-0.05, 0) is 39.0 Å². The zero-order chi connectivity index (χ0) is 11.5. The number of carbonyl (C=O) groups is 1. The van der Waals surface area contributed by atoms with Crippen LogP contribution in [0.25, 0.3) is 0 Å². The Morgan fingerprint density at radius 1 is 1.50 bits per heavy atom. The van der Waals surface area contributed by atoms with Crippen molar-refractivity contribution in [2.45, 2.75) is 18.8 Å². The number of piperidine rings is 1. The lowest BCUT2D eigenvalue weighted by Gasteiger charge is -2.27. The molecule has 5 heteroatoms. The number of hydrogen-bond acceptors (Lipinski definition) is 4. The van der Waals surface area contributed by atoms with Crippen LogP contribution in [0.1, 0.15) is 35.1 Å². The molecule has 2 rings (SSSR count). The van der Waals surface area contributed by atoms with Crippen molar-refractivity contribution in [3.8, 4) is 0 Å². The van der Waals surface area contributed by atoms with Gasteiger partial charge in [0, 0.05) is 12.1 Å². The highest BCUT2D eigenvalue weighted by atomic mass is 16.4. The molecule has 5 nitrogen and oxygen atoms in total. The SMILES string of the molecule is CN1CCC(c2nccc(C(=O)O)n2)CC1. The smallest absolute Gasteiger partial charge is 0.354 e. The maximum Gasteiger partial charge on any atom is 0.354 e. The van der Waals surface area contributed by atoms with E-state index in [1.807, 2.05) is 0 Å². The fourth-order valence-corrected chi connectivity index (χ4v) is 1.96. The molecule has 1 N–H and O–H groups in total. The molecule has 2 heterocycles. The lowest BCUT2D eigenvalue weighted by atomic mass is 9.96. The zero-order valence-electron chi connectivity index (χ0n) is 9.26. The minimum Gasteiger partial charge on any atom is -0.477 e. The van der Waals surface area contributed by atoms with Crippen molar-refractivity contribution >= 4 is 5.97 Å². The van der Waals surface area contributed by atoms with Gasteiger partial charge in [0.25, 0.3) is 0 Å². The van der Waals surface area contributed by atoms with Crippen LogP contribution in [0.3, 0.4) is 0 Å². The molecule has 0 saturated carbocycles. The van der Waals surface area contributed by atoms with Gasteiger partial charge in [0.05, 0.1) is 0 Å². The highest BCUT2D eigenvalue weighted by Gasteiger charge is 2.21. The average Bonchev–Trinajstić information content (AvgIpc) is 2.30. The summed E-state index contributed by atoms with van der Waals surface area (Å²) in [5, 5.41) is 8.85. The lowest BCUT2D eigenvalue weighted by molar-refractivity contribution is 0.0689. The zero-order valence-corrected chi connectivity index (χ0v) is 9.26. The van der Waals surface area contributed by atoms with E-state index in [4.69, 9.17) is 5.11 Å². The van der Waals surface area contributed by atoms with E-state index in [0.29, 0.717) is 11.7 Å². The first-order valence-corrected chi connectivity index (χ1v) is 5.41. The number of aromatic nitrogens is 2. The van der Waals surface area contributed by atoms with Crippen LogP contribution in [0.2, 0.25) is 0 Å². The van der Waals surface area contributed by atoms with E-state index in [0.717, 1.165) is 25.9 Å². The third-order valence-corrected chi connectivity index (χ3v) is 2.98. The average molecular weight is 221 g/mol. The number of nitrogens with zero attached hydrogens (tertiary/aromatic N) is 3. The van der Waals surface area contributed by atoms with Gasteiger partial charge in [-0.1, -0.05) is 0 Å². The highest BCUT2D eigenvalue weighted by Crippen LogP contribution is 2.24. The largest absolute Gasteiger partial charge is 0.477 e. The standard InChI is InChI=1S/C11H15N3O2/c1-14-6-3-8(4-7-14)10-12-5-2-9(13-10)11(15)16/h2,5,8H,3-4,6-7H2,1H3,(H,15,16). The van der Waals surface area contributed by atoms with Crippen molar-refractivity contribution in [1.82, 2.24) is 14.9 Å². The van der Waals surface area contributed by atoms with Crippen molar-refractivity contribution in [3.05, 3.63) is 23.8 Å². The van der Waals surface area contributed by atoms with Gasteiger partial charge in [0.1, 0.15) is 5.82 Å². The first kappa shape index (κ1) is 11.0. The molecule has 1 aliphatic rings. The van der Waals surface area contributed by atoms with E-state index < -0.39 is 5.97 Å². The van der Waals surface area contributed by atoms with E-state index >= 15 is 0 Å². The number of aromatic carboxylic acids is 1. The van der Waals surface area contributed by atoms with Crippen molar-refractivity contribution < 1.29 is 9.90 Å². The second-order valence-corrected chi connectivity index (χ2v) is 4.18. The van der Waals surface area contributed by atoms with E-state index in [-0.39, 0.29) is 5.69 Å². The predicted molar refractivity (Wildman–Crippen MR) is 58.5 cm³/mol. The van der Waals surface area contributed by atoms with Gasteiger partial charge in [-0.15, -0.1) is 0 Å². The topological polar surface area (TPSA) is 66.3 Å². The second-order valence-electron chi connectivity index (χ2n) is 4.18. The molecule has 0 radical (unpaired) electrons. The minimum absolute atomic E-state index is 0.0870. The molecule has 1 saturated heterocycles. The maximum absolute atomic E-state index is 10.8. The Morgan fingerprint density at radius 2 is 2.19 bits per heavy atom. The summed E-state index contributed by atoms with van der Waals surface area (Å²) in [4.78, 5) is 21.3. The normalized spacial score (nSPS) is 18.6. The molecular formula is C11H15N3O2. The summed E-state index contributed by atoms with van der Waals surface area (Å²) in [6, 6.07) is 1.43. The fraction of sp³-hybridized carbons (Fsp3) is 0.545. The fourth-order valence-electron chi connectivity index (χ4n) is 1.96. The lowest BCUT2D eigenvalue weighted by Crippen LogP contribution is -2.30. The molecule has 1 aromatic heterocycles. The first-order valence-electron chi connectivity index (χ1n) is 5.41. The summed E-state index contributed by atoms with van der Waals surface area (Å²) in [6.07, 6.45) is 3.53. The van der Waals surface area contributed by atoms with Crippen LogP contribution in [0, 0.1) is 0 Å². The Labute approximate surface area is 94.1 Å². The van der Waals surface area contributed by atoms with Gasteiger partial charge in [0.15, 0.2) is 5.69 Å². The van der Waals surface area contributed by atoms with Crippen LogP contribution in [0.4, 0.5) is 0 Å². The third kappa shape index (κ3) is 2.36. The van der Waals surface area contributed by atoms with Crippen molar-refractivity contribution in [2.24, 2.45) is 0 Å². The number of rotatable bonds is 2. The molecule has 1 aliphatic heterocycles. The van der Waals surface area contributed by atoms with E-state index in [1.165, 1.54) is 12.3 Å². The second kappa shape index (κ2) is 4.57. The van der Waals surface area contributed by atoms with Gasteiger partial charge < -0.3 is 10.0 Å². The molecule has 86 valence electrons. The number of likely N-dealkylation sites (tertiary alicyclic amines) is 1. The van der Waals surface area contributed by atoms with Crippen LogP contribution in [-0.4, -0.2) is 46.1 Å². The Hall–Kier alpha value is -1.49. The quantitative estimate of drug-likeness (QED) is 0.806. The molecule has 16 heavy (non-hydrogen) atoms. The third-order valence-electron chi connectivity index (χ3n) is 2.98. The van der Waals surface area contributed by atoms with Crippen LogP contribution in [-0.2, 0) is 0 Å². The van der Waals surface area contributed by atoms with Gasteiger partial charge in [-0.2, -0.15) is 0 Å². The summed E-state index contributed by atoms with van der Waals surface area (Å²) in [5.74, 6) is -0.0138. The molecule has 0 atom stereocenters. The van der Waals surface area contributed by atoms with E-state index in [2.05, 4.69) is 21.9 Å². The maximum atomic E-state index is 10.8. The molecule has 0 aromatic carbocycles. The van der Waals surface area contributed by atoms with Gasteiger partial charge >= 0.3 is 5.97 Å². The number of carboxylic acids is 1. The van der Waals surface area contributed by atoms with Gasteiger partial charge in [-0.25, -0.2) is 14.8 Å². The Morgan fingerprint density at radius 3 is 2.81 bits per heavy atom. The first-order chi connectivity index (χ1) is 7.66. The number of carboxylic acid groups (broad SMARTS) is 1. The Balaban J connectivity index is 2.14. The summed E-state index contributed by atoms with van der Waals surface area (Å²) >= 11 is 0. The van der Waals surface area contributed by atoms with Gasteiger partial charge in [-0.3, -0.25) is 0 Å². The molecule has 0 aliphatic carbocycles. The van der Waals surface area contributed by atoms with E-state index in [1.54, 1.807) is 0 Å². The predicted octanol–water partition coefficient (Wildman–Crippen LogP) is 0.984. The van der Waals surface area contributed by atoms with Crippen LogP contribution < -0.4 is 0 Å². The molecule has 0 amide bonds. The van der Waals surface area contributed by atoms with Crippen molar-refractivity contribution in [3.63, 3.8) is 0 Å². The Kier molecular flexibility index (Phi) is 3.14.